The van der Waals surface area contributed by atoms with E-state index in [1.807, 2.05) is 24.3 Å². The van der Waals surface area contributed by atoms with Crippen LogP contribution in [0, 0.1) is 17.1 Å². The second kappa shape index (κ2) is 12.0. The maximum Gasteiger partial charge on any atom is 0.255 e. The minimum Gasteiger partial charge on any atom is -0.497 e. The summed E-state index contributed by atoms with van der Waals surface area (Å²) in [6, 6.07) is 16.5. The summed E-state index contributed by atoms with van der Waals surface area (Å²) >= 11 is 0. The van der Waals surface area contributed by atoms with Crippen molar-refractivity contribution in [2.24, 2.45) is 0 Å². The predicted molar refractivity (Wildman–Crippen MR) is 137 cm³/mol. The SMILES string of the molecule is COCc1n[nH]cc1C(=O)NC(Cc1cc(OC)ccc1C#N)c1ccc(Cn2cc(F)ccc2=O)cc1. The number of ether oxygens (including phenoxy) is 2. The van der Waals surface area contributed by atoms with Gasteiger partial charge in [0, 0.05) is 25.6 Å². The third-order valence-corrected chi connectivity index (χ3v) is 6.09. The Kier molecular flexibility index (Phi) is 8.30. The van der Waals surface area contributed by atoms with Crippen LogP contribution in [0.3, 0.4) is 0 Å². The van der Waals surface area contributed by atoms with Gasteiger partial charge in [0.2, 0.25) is 0 Å². The molecule has 0 aliphatic carbocycles. The zero-order chi connectivity index (χ0) is 27.1. The fourth-order valence-corrected chi connectivity index (χ4v) is 4.12. The molecule has 194 valence electrons. The zero-order valence-corrected chi connectivity index (χ0v) is 20.9. The number of nitriles is 1. The van der Waals surface area contributed by atoms with E-state index in [1.165, 1.54) is 23.9 Å². The zero-order valence-electron chi connectivity index (χ0n) is 20.9. The summed E-state index contributed by atoms with van der Waals surface area (Å²) in [4.78, 5) is 25.3. The Hall–Kier alpha value is -4.75. The first kappa shape index (κ1) is 26.3. The molecule has 1 unspecified atom stereocenters. The highest BCUT2D eigenvalue weighted by Crippen LogP contribution is 2.25. The first-order valence-electron chi connectivity index (χ1n) is 11.8. The van der Waals surface area contributed by atoms with Crippen LogP contribution >= 0.6 is 0 Å². The highest BCUT2D eigenvalue weighted by Gasteiger charge is 2.21. The van der Waals surface area contributed by atoms with Gasteiger partial charge in [-0.25, -0.2) is 4.39 Å². The third kappa shape index (κ3) is 6.14. The standard InChI is InChI=1S/C28H26FN5O4/c1-37-17-26-24(14-31-33-26)28(36)32-25(12-21-11-23(38-2)9-7-20(21)13-30)19-5-3-18(4-6-19)15-34-16-22(29)8-10-27(34)35/h3-11,14,16,25H,12,15,17H2,1-2H3,(H,31,33)(H,32,36). The molecule has 0 aliphatic heterocycles. The van der Waals surface area contributed by atoms with Gasteiger partial charge < -0.3 is 19.4 Å². The molecule has 0 fully saturated rings. The second-order valence-electron chi connectivity index (χ2n) is 8.60. The summed E-state index contributed by atoms with van der Waals surface area (Å²) in [6.07, 6.45) is 2.98. The fraction of sp³-hybridized carbons (Fsp3) is 0.214. The van der Waals surface area contributed by atoms with Crippen LogP contribution in [0.15, 0.2) is 71.8 Å². The van der Waals surface area contributed by atoms with Crippen LogP contribution in [-0.2, 0) is 24.3 Å². The van der Waals surface area contributed by atoms with Crippen LogP contribution < -0.4 is 15.6 Å². The lowest BCUT2D eigenvalue weighted by Gasteiger charge is -2.21. The molecule has 4 aromatic rings. The highest BCUT2D eigenvalue weighted by atomic mass is 19.1. The van der Waals surface area contributed by atoms with Crippen LogP contribution in [0.2, 0.25) is 0 Å². The number of nitrogens with zero attached hydrogens (tertiary/aromatic N) is 3. The quantitative estimate of drug-likeness (QED) is 0.333. The predicted octanol–water partition coefficient (Wildman–Crippen LogP) is 3.50. The molecule has 2 aromatic heterocycles. The lowest BCUT2D eigenvalue weighted by atomic mass is 9.94. The van der Waals surface area contributed by atoms with Crippen molar-refractivity contribution in [3.63, 3.8) is 0 Å². The van der Waals surface area contributed by atoms with Gasteiger partial charge in [-0.2, -0.15) is 10.4 Å². The number of carbonyl (C=O) groups is 1. The summed E-state index contributed by atoms with van der Waals surface area (Å²) in [5, 5.41) is 19.5. The molecular formula is C28H26FN5O4. The molecule has 10 heteroatoms. The van der Waals surface area contributed by atoms with Crippen molar-refractivity contribution >= 4 is 5.91 Å². The van der Waals surface area contributed by atoms with Gasteiger partial charge >= 0.3 is 0 Å². The number of nitrogens with one attached hydrogen (secondary N) is 2. The van der Waals surface area contributed by atoms with E-state index < -0.39 is 11.9 Å². The molecule has 0 aliphatic rings. The van der Waals surface area contributed by atoms with E-state index >= 15 is 0 Å². The summed E-state index contributed by atoms with van der Waals surface area (Å²) in [5.74, 6) is -0.257. The number of carbonyl (C=O) groups excluding carboxylic acids is 1. The van der Waals surface area contributed by atoms with E-state index in [9.17, 15) is 19.2 Å². The smallest absolute Gasteiger partial charge is 0.255 e. The molecule has 1 atom stereocenters. The van der Waals surface area contributed by atoms with E-state index in [2.05, 4.69) is 21.6 Å². The number of aromatic nitrogens is 3. The number of pyridine rings is 1. The van der Waals surface area contributed by atoms with E-state index in [-0.39, 0.29) is 24.6 Å². The molecule has 4 rings (SSSR count). The normalized spacial score (nSPS) is 11.5. The molecule has 38 heavy (non-hydrogen) atoms. The van der Waals surface area contributed by atoms with E-state index in [0.717, 1.165) is 23.4 Å². The van der Waals surface area contributed by atoms with Crippen LogP contribution in [0.25, 0.3) is 0 Å². The van der Waals surface area contributed by atoms with Gasteiger partial charge in [-0.1, -0.05) is 24.3 Å². The van der Waals surface area contributed by atoms with E-state index in [0.29, 0.717) is 34.6 Å². The van der Waals surface area contributed by atoms with Crippen molar-refractivity contribution in [1.82, 2.24) is 20.1 Å². The number of hydrogen-bond donors (Lipinski definition) is 2. The van der Waals surface area contributed by atoms with Gasteiger partial charge in [0.05, 0.1) is 43.5 Å². The molecular weight excluding hydrogens is 489 g/mol. The minimum atomic E-state index is -0.516. The van der Waals surface area contributed by atoms with Gasteiger partial charge in [0.25, 0.3) is 11.5 Å². The Morgan fingerprint density at radius 1 is 1.18 bits per heavy atom. The average Bonchev–Trinajstić information content (AvgIpc) is 3.39. The van der Waals surface area contributed by atoms with Crippen molar-refractivity contribution in [3.8, 4) is 11.8 Å². The highest BCUT2D eigenvalue weighted by molar-refractivity contribution is 5.95. The Morgan fingerprint density at radius 2 is 1.97 bits per heavy atom. The maximum absolute atomic E-state index is 13.6. The first-order chi connectivity index (χ1) is 18.4. The molecule has 2 N–H and O–H groups in total. The molecule has 0 saturated heterocycles. The molecule has 1 amide bonds. The third-order valence-electron chi connectivity index (χ3n) is 6.09. The van der Waals surface area contributed by atoms with Crippen molar-refractivity contribution in [2.75, 3.05) is 14.2 Å². The van der Waals surface area contributed by atoms with Crippen molar-refractivity contribution in [1.29, 1.82) is 5.26 Å². The average molecular weight is 516 g/mol. The van der Waals surface area contributed by atoms with Crippen LogP contribution in [0.1, 0.15) is 44.3 Å². The number of hydrogen-bond acceptors (Lipinski definition) is 6. The summed E-state index contributed by atoms with van der Waals surface area (Å²) < 4.78 is 25.4. The molecule has 0 saturated carbocycles. The number of halogens is 1. The van der Waals surface area contributed by atoms with Gasteiger partial charge in [-0.15, -0.1) is 0 Å². The Bertz CT molecular complexity index is 1520. The summed E-state index contributed by atoms with van der Waals surface area (Å²) in [6.45, 7) is 0.358. The largest absolute Gasteiger partial charge is 0.497 e. The Labute approximate surface area is 218 Å². The van der Waals surface area contributed by atoms with Crippen molar-refractivity contribution in [2.45, 2.75) is 25.6 Å². The van der Waals surface area contributed by atoms with Crippen molar-refractivity contribution in [3.05, 3.63) is 117 Å². The number of aromatic amines is 1. The Morgan fingerprint density at radius 3 is 2.68 bits per heavy atom. The van der Waals surface area contributed by atoms with Crippen LogP contribution in [-0.4, -0.2) is 34.9 Å². The van der Waals surface area contributed by atoms with Gasteiger partial charge in [-0.05, 0) is 47.4 Å². The van der Waals surface area contributed by atoms with Gasteiger partial charge in [0.1, 0.15) is 17.3 Å². The van der Waals surface area contributed by atoms with Gasteiger partial charge in [0.15, 0.2) is 0 Å². The van der Waals surface area contributed by atoms with Crippen molar-refractivity contribution < 1.29 is 18.7 Å². The van der Waals surface area contributed by atoms with Crippen LogP contribution in [0.4, 0.5) is 4.39 Å². The van der Waals surface area contributed by atoms with Gasteiger partial charge in [-0.3, -0.25) is 14.7 Å². The topological polar surface area (TPSA) is 122 Å². The lowest BCUT2D eigenvalue weighted by Crippen LogP contribution is -2.30. The number of rotatable bonds is 10. The molecule has 2 heterocycles. The number of methoxy groups -OCH3 is 2. The van der Waals surface area contributed by atoms with Crippen LogP contribution in [0.5, 0.6) is 5.75 Å². The summed E-state index contributed by atoms with van der Waals surface area (Å²) in [7, 11) is 3.06. The maximum atomic E-state index is 13.6. The monoisotopic (exact) mass is 515 g/mol. The number of amides is 1. The number of benzene rings is 2. The minimum absolute atomic E-state index is 0.166. The molecule has 9 nitrogen and oxygen atoms in total. The molecule has 0 bridgehead atoms. The number of H-pyrrole nitrogens is 1. The Balaban J connectivity index is 1.65. The van der Waals surface area contributed by atoms with E-state index in [1.54, 1.807) is 25.3 Å². The molecule has 0 radical (unpaired) electrons. The molecule has 2 aromatic carbocycles. The fourth-order valence-electron chi connectivity index (χ4n) is 4.12. The lowest BCUT2D eigenvalue weighted by molar-refractivity contribution is 0.0931. The second-order valence-corrected chi connectivity index (χ2v) is 8.60. The molecule has 0 spiro atoms. The first-order valence-corrected chi connectivity index (χ1v) is 11.8. The van der Waals surface area contributed by atoms with E-state index in [4.69, 9.17) is 9.47 Å². The summed E-state index contributed by atoms with van der Waals surface area (Å²) in [5.41, 5.74) is 3.24.